The highest BCUT2D eigenvalue weighted by Gasteiger charge is 2.20. The highest BCUT2D eigenvalue weighted by molar-refractivity contribution is 6.18. The summed E-state index contributed by atoms with van der Waals surface area (Å²) in [5, 5.41) is 9.90. The molecule has 0 fully saturated rings. The molecule has 0 saturated heterocycles. The summed E-state index contributed by atoms with van der Waals surface area (Å²) >= 11 is 5.77. The van der Waals surface area contributed by atoms with E-state index in [0.29, 0.717) is 24.5 Å². The minimum atomic E-state index is -0.551. The maximum absolute atomic E-state index is 11.6. The lowest BCUT2D eigenvalue weighted by atomic mass is 9.94. The third-order valence-electron chi connectivity index (χ3n) is 2.82. The second-order valence-corrected chi connectivity index (χ2v) is 4.27. The van der Waals surface area contributed by atoms with Crippen LogP contribution in [0.1, 0.15) is 27.0 Å². The Morgan fingerprint density at radius 2 is 2.11 bits per heavy atom. The first-order valence-corrected chi connectivity index (χ1v) is 6.07. The minimum absolute atomic E-state index is 0.0928. The minimum Gasteiger partial charge on any atom is -0.507 e. The van der Waals surface area contributed by atoms with Gasteiger partial charge < -0.3 is 14.6 Å². The third kappa shape index (κ3) is 2.94. The van der Waals surface area contributed by atoms with Crippen molar-refractivity contribution in [2.75, 3.05) is 20.1 Å². The number of halogens is 1. The molecule has 0 amide bonds. The molecule has 100 valence electrons. The summed E-state index contributed by atoms with van der Waals surface area (Å²) in [7, 11) is 2.86. The summed E-state index contributed by atoms with van der Waals surface area (Å²) in [6, 6.07) is 1.53. The molecule has 4 nitrogen and oxygen atoms in total. The van der Waals surface area contributed by atoms with E-state index in [2.05, 4.69) is 4.74 Å². The molecule has 1 N–H and O–H groups in total. The van der Waals surface area contributed by atoms with E-state index in [1.54, 1.807) is 14.0 Å². The van der Waals surface area contributed by atoms with Gasteiger partial charge in [-0.3, -0.25) is 0 Å². The molecule has 1 aromatic rings. The molecule has 0 bridgehead atoms. The number of carbonyl (C=O) groups is 1. The summed E-state index contributed by atoms with van der Waals surface area (Å²) in [6.45, 7) is 2.13. The zero-order valence-electron chi connectivity index (χ0n) is 10.7. The Hall–Kier alpha value is -1.26. The molecule has 0 saturated carbocycles. The SMILES string of the molecule is COCc1cc(O)c(C(=O)OC)c(C)c1CCCl. The van der Waals surface area contributed by atoms with Crippen molar-refractivity contribution in [2.45, 2.75) is 20.0 Å². The van der Waals surface area contributed by atoms with Crippen LogP contribution in [0.4, 0.5) is 0 Å². The van der Waals surface area contributed by atoms with Gasteiger partial charge in [-0.25, -0.2) is 4.79 Å². The second-order valence-electron chi connectivity index (χ2n) is 3.90. The van der Waals surface area contributed by atoms with Crippen LogP contribution in [-0.2, 0) is 22.5 Å². The van der Waals surface area contributed by atoms with E-state index in [-0.39, 0.29) is 11.3 Å². The van der Waals surface area contributed by atoms with Crippen LogP contribution in [0.25, 0.3) is 0 Å². The standard InChI is InChI=1S/C13H17ClO4/c1-8-10(4-5-14)9(7-17-2)6-11(15)12(8)13(16)18-3/h6,15H,4-5,7H2,1-3H3. The molecule has 18 heavy (non-hydrogen) atoms. The van der Waals surface area contributed by atoms with Gasteiger partial charge in [0, 0.05) is 13.0 Å². The predicted octanol–water partition coefficient (Wildman–Crippen LogP) is 2.41. The molecule has 0 aromatic heterocycles. The van der Waals surface area contributed by atoms with Gasteiger partial charge in [0.15, 0.2) is 0 Å². The van der Waals surface area contributed by atoms with E-state index < -0.39 is 5.97 Å². The average molecular weight is 273 g/mol. The molecule has 0 aliphatic carbocycles. The maximum Gasteiger partial charge on any atom is 0.341 e. The largest absolute Gasteiger partial charge is 0.507 e. The Morgan fingerprint density at radius 3 is 2.61 bits per heavy atom. The summed E-state index contributed by atoms with van der Waals surface area (Å²) in [5.41, 5.74) is 2.64. The molecule has 0 unspecified atom stereocenters. The van der Waals surface area contributed by atoms with Crippen LogP contribution in [0.15, 0.2) is 6.07 Å². The predicted molar refractivity (Wildman–Crippen MR) is 69.3 cm³/mol. The summed E-state index contributed by atoms with van der Waals surface area (Å²) in [6.07, 6.45) is 0.607. The number of hydrogen-bond acceptors (Lipinski definition) is 4. The quantitative estimate of drug-likeness (QED) is 0.661. The van der Waals surface area contributed by atoms with Gasteiger partial charge in [-0.2, -0.15) is 0 Å². The molecule has 0 aliphatic rings. The third-order valence-corrected chi connectivity index (χ3v) is 3.01. The lowest BCUT2D eigenvalue weighted by Crippen LogP contribution is -2.10. The molecular weight excluding hydrogens is 256 g/mol. The van der Waals surface area contributed by atoms with Gasteiger partial charge in [0.1, 0.15) is 11.3 Å². The highest BCUT2D eigenvalue weighted by Crippen LogP contribution is 2.29. The number of carbonyl (C=O) groups excluding carboxylic acids is 1. The number of benzene rings is 1. The Bertz CT molecular complexity index is 443. The van der Waals surface area contributed by atoms with Crippen molar-refractivity contribution in [1.29, 1.82) is 0 Å². The van der Waals surface area contributed by atoms with E-state index in [9.17, 15) is 9.90 Å². The van der Waals surface area contributed by atoms with Gasteiger partial charge in [0.05, 0.1) is 13.7 Å². The lowest BCUT2D eigenvalue weighted by Gasteiger charge is -2.16. The number of phenolic OH excluding ortho intramolecular Hbond substituents is 1. The van der Waals surface area contributed by atoms with E-state index in [4.69, 9.17) is 16.3 Å². The fraction of sp³-hybridized carbons (Fsp3) is 0.462. The number of esters is 1. The van der Waals surface area contributed by atoms with Crippen molar-refractivity contribution in [3.05, 3.63) is 28.3 Å². The summed E-state index contributed by atoms with van der Waals surface area (Å²) < 4.78 is 9.75. The van der Waals surface area contributed by atoms with Crippen molar-refractivity contribution in [2.24, 2.45) is 0 Å². The maximum atomic E-state index is 11.6. The molecule has 0 heterocycles. The fourth-order valence-corrected chi connectivity index (χ4v) is 2.18. The van der Waals surface area contributed by atoms with Gasteiger partial charge in [-0.1, -0.05) is 0 Å². The van der Waals surface area contributed by atoms with Crippen molar-refractivity contribution in [1.82, 2.24) is 0 Å². The van der Waals surface area contributed by atoms with E-state index in [1.807, 2.05) is 0 Å². The Kier molecular flexibility index (Phi) is 5.44. The van der Waals surface area contributed by atoms with Crippen molar-refractivity contribution in [3.63, 3.8) is 0 Å². The van der Waals surface area contributed by atoms with Gasteiger partial charge in [-0.05, 0) is 36.1 Å². The zero-order chi connectivity index (χ0) is 13.7. The summed E-state index contributed by atoms with van der Waals surface area (Å²) in [5.74, 6) is -0.210. The van der Waals surface area contributed by atoms with Crippen molar-refractivity contribution < 1.29 is 19.4 Å². The number of aromatic hydroxyl groups is 1. The normalized spacial score (nSPS) is 10.4. The van der Waals surface area contributed by atoms with Crippen LogP contribution in [0, 0.1) is 6.92 Å². The number of rotatable bonds is 5. The highest BCUT2D eigenvalue weighted by atomic mass is 35.5. The van der Waals surface area contributed by atoms with Gasteiger partial charge in [0.25, 0.3) is 0 Å². The molecule has 1 aromatic carbocycles. The van der Waals surface area contributed by atoms with Crippen LogP contribution in [0.2, 0.25) is 0 Å². The van der Waals surface area contributed by atoms with Crippen LogP contribution in [-0.4, -0.2) is 31.2 Å². The van der Waals surface area contributed by atoms with Gasteiger partial charge in [-0.15, -0.1) is 11.6 Å². The van der Waals surface area contributed by atoms with E-state index in [0.717, 1.165) is 11.1 Å². The topological polar surface area (TPSA) is 55.8 Å². The first kappa shape index (κ1) is 14.8. The average Bonchev–Trinajstić information content (AvgIpc) is 2.34. The van der Waals surface area contributed by atoms with Gasteiger partial charge >= 0.3 is 5.97 Å². The van der Waals surface area contributed by atoms with Crippen LogP contribution in [0.3, 0.4) is 0 Å². The first-order valence-electron chi connectivity index (χ1n) is 5.54. The zero-order valence-corrected chi connectivity index (χ0v) is 11.5. The smallest absolute Gasteiger partial charge is 0.341 e. The molecule has 0 atom stereocenters. The van der Waals surface area contributed by atoms with Crippen molar-refractivity contribution >= 4 is 17.6 Å². The molecular formula is C13H17ClO4. The number of methoxy groups -OCH3 is 2. The van der Waals surface area contributed by atoms with Crippen molar-refractivity contribution in [3.8, 4) is 5.75 Å². The van der Waals surface area contributed by atoms with E-state index >= 15 is 0 Å². The summed E-state index contributed by atoms with van der Waals surface area (Å²) in [4.78, 5) is 11.6. The molecule has 0 radical (unpaired) electrons. The molecule has 1 rings (SSSR count). The Labute approximate surface area is 111 Å². The van der Waals surface area contributed by atoms with Crippen LogP contribution in [0.5, 0.6) is 5.75 Å². The van der Waals surface area contributed by atoms with E-state index in [1.165, 1.54) is 13.2 Å². The van der Waals surface area contributed by atoms with Crippen LogP contribution < -0.4 is 0 Å². The number of alkyl halides is 1. The number of phenols is 1. The number of ether oxygens (including phenoxy) is 2. The lowest BCUT2D eigenvalue weighted by molar-refractivity contribution is 0.0596. The fourth-order valence-electron chi connectivity index (χ4n) is 1.99. The second kappa shape index (κ2) is 6.61. The molecule has 0 aliphatic heterocycles. The Balaban J connectivity index is 3.39. The first-order chi connectivity index (χ1) is 8.56. The molecule has 5 heteroatoms. The van der Waals surface area contributed by atoms with Crippen LogP contribution >= 0.6 is 11.6 Å². The number of hydrogen-bond donors (Lipinski definition) is 1. The van der Waals surface area contributed by atoms with Gasteiger partial charge in [0.2, 0.25) is 0 Å². The molecule has 0 spiro atoms. The monoisotopic (exact) mass is 272 g/mol. The Morgan fingerprint density at radius 1 is 1.44 bits per heavy atom.